The number of benzene rings is 4. The van der Waals surface area contributed by atoms with Crippen LogP contribution in [0.1, 0.15) is 54.9 Å². The van der Waals surface area contributed by atoms with E-state index in [4.69, 9.17) is 9.47 Å². The molecule has 1 aliphatic heterocycles. The third-order valence-electron chi connectivity index (χ3n) is 9.91. The molecule has 2 N–H and O–H groups in total. The van der Waals surface area contributed by atoms with Crippen LogP contribution in [0.2, 0.25) is 0 Å². The molecular formula is C42H44N2O6. The number of aliphatic carboxylic acids is 1. The summed E-state index contributed by atoms with van der Waals surface area (Å²) < 4.78 is 11.7. The van der Waals surface area contributed by atoms with Crippen molar-refractivity contribution in [3.63, 3.8) is 0 Å². The lowest BCUT2D eigenvalue weighted by Gasteiger charge is -2.33. The molecule has 6 rings (SSSR count). The topological polar surface area (TPSA) is 105 Å². The Morgan fingerprint density at radius 3 is 2.16 bits per heavy atom. The number of fused-ring (bicyclic) bond motifs is 3. The molecule has 0 bridgehead atoms. The van der Waals surface area contributed by atoms with E-state index in [1.165, 1.54) is 4.90 Å². The van der Waals surface area contributed by atoms with Gasteiger partial charge in [0.05, 0.1) is 5.92 Å². The molecule has 0 saturated heterocycles. The summed E-state index contributed by atoms with van der Waals surface area (Å²) in [4.78, 5) is 41.1. The number of carbonyl (C=O) groups excluding carboxylic acids is 2. The number of ether oxygens (including phenoxy) is 2. The monoisotopic (exact) mass is 672 g/mol. The zero-order valence-corrected chi connectivity index (χ0v) is 28.6. The average Bonchev–Trinajstić information content (AvgIpc) is 3.38. The van der Waals surface area contributed by atoms with Gasteiger partial charge < -0.3 is 24.8 Å². The molecule has 1 aliphatic carbocycles. The van der Waals surface area contributed by atoms with Gasteiger partial charge in [-0.25, -0.2) is 9.59 Å². The number of nitrogens with one attached hydrogen (secondary N) is 1. The van der Waals surface area contributed by atoms with Crippen molar-refractivity contribution in [3.8, 4) is 16.9 Å². The fourth-order valence-corrected chi connectivity index (χ4v) is 7.05. The number of nitrogens with zero attached hydrogens (tertiary/aromatic N) is 1. The van der Waals surface area contributed by atoms with Gasteiger partial charge in [-0.05, 0) is 64.3 Å². The number of amides is 2. The van der Waals surface area contributed by atoms with Crippen LogP contribution in [-0.2, 0) is 27.4 Å². The Balaban J connectivity index is 1.13. The highest BCUT2D eigenvalue weighted by Gasteiger charge is 2.37. The first kappa shape index (κ1) is 34.5. The summed E-state index contributed by atoms with van der Waals surface area (Å²) in [6.45, 7) is 4.90. The first-order chi connectivity index (χ1) is 24.3. The van der Waals surface area contributed by atoms with E-state index in [0.717, 1.165) is 44.7 Å². The van der Waals surface area contributed by atoms with Gasteiger partial charge in [-0.1, -0.05) is 123 Å². The number of carbonyl (C=O) groups is 3. The number of carboxylic acids is 1. The highest BCUT2D eigenvalue weighted by Crippen LogP contribution is 2.44. The van der Waals surface area contributed by atoms with Crippen LogP contribution < -0.4 is 10.1 Å². The van der Waals surface area contributed by atoms with Crippen molar-refractivity contribution >= 4 is 18.0 Å². The fourth-order valence-electron chi connectivity index (χ4n) is 7.05. The van der Waals surface area contributed by atoms with Gasteiger partial charge in [0.15, 0.2) is 0 Å². The Kier molecular flexibility index (Phi) is 11.0. The largest absolute Gasteiger partial charge is 0.489 e. The van der Waals surface area contributed by atoms with E-state index in [9.17, 15) is 19.5 Å². The second-order valence-corrected chi connectivity index (χ2v) is 13.2. The van der Waals surface area contributed by atoms with Crippen molar-refractivity contribution in [2.24, 2.45) is 11.8 Å². The molecule has 1 heterocycles. The van der Waals surface area contributed by atoms with Gasteiger partial charge in [0.1, 0.15) is 25.0 Å². The minimum absolute atomic E-state index is 0.0514. The lowest BCUT2D eigenvalue weighted by atomic mass is 9.93. The molecule has 4 aromatic rings. The minimum atomic E-state index is -1.01. The van der Waals surface area contributed by atoms with E-state index in [0.29, 0.717) is 25.9 Å². The molecule has 8 nitrogen and oxygen atoms in total. The summed E-state index contributed by atoms with van der Waals surface area (Å²) in [5, 5.41) is 13.1. The molecule has 0 radical (unpaired) electrons. The standard InChI is InChI=1S/C42H44N2O6/c1-3-28(2)39(41(46)47)44-22-21-31(24-32(40(44)45)23-29-17-19-33(20-18-29)49-26-30-11-5-4-6-12-30)25-43-42(48)50-27-38-36-15-9-7-13-34(36)35-14-8-10-16-37(35)38/h4-20,24,28,32,38-39H,3,21-23,25-27H2,1-2H3,(H,43,48)(H,46,47)/t28-,32?,39-/m0/s1. The van der Waals surface area contributed by atoms with Crippen LogP contribution in [0.25, 0.3) is 11.1 Å². The Bertz CT molecular complexity index is 1790. The highest BCUT2D eigenvalue weighted by atomic mass is 16.5. The molecule has 0 spiro atoms. The molecule has 3 atom stereocenters. The van der Waals surface area contributed by atoms with Crippen LogP contribution in [0, 0.1) is 11.8 Å². The van der Waals surface area contributed by atoms with Crippen molar-refractivity contribution in [2.45, 2.75) is 51.7 Å². The van der Waals surface area contributed by atoms with Gasteiger partial charge >= 0.3 is 12.1 Å². The van der Waals surface area contributed by atoms with Crippen molar-refractivity contribution in [1.29, 1.82) is 0 Å². The zero-order valence-electron chi connectivity index (χ0n) is 28.6. The Morgan fingerprint density at radius 2 is 1.52 bits per heavy atom. The summed E-state index contributed by atoms with van der Waals surface area (Å²) in [7, 11) is 0. The first-order valence-electron chi connectivity index (χ1n) is 17.4. The molecule has 1 unspecified atom stereocenters. The summed E-state index contributed by atoms with van der Waals surface area (Å²) in [5.41, 5.74) is 7.45. The Hall–Kier alpha value is -5.37. The minimum Gasteiger partial charge on any atom is -0.489 e. The molecule has 0 fully saturated rings. The number of hydrogen-bond donors (Lipinski definition) is 2. The number of rotatable bonds is 13. The van der Waals surface area contributed by atoms with Crippen molar-refractivity contribution in [3.05, 3.63) is 137 Å². The molecule has 0 saturated carbocycles. The molecule has 258 valence electrons. The lowest BCUT2D eigenvalue weighted by Crippen LogP contribution is -2.50. The molecule has 50 heavy (non-hydrogen) atoms. The maximum atomic E-state index is 14.1. The Labute approximate surface area is 293 Å². The Morgan fingerprint density at radius 1 is 0.880 bits per heavy atom. The van der Waals surface area contributed by atoms with Crippen LogP contribution in [0.5, 0.6) is 5.75 Å². The van der Waals surface area contributed by atoms with E-state index in [1.807, 2.05) is 98.8 Å². The summed E-state index contributed by atoms with van der Waals surface area (Å²) in [6.07, 6.45) is 2.82. The van der Waals surface area contributed by atoms with Crippen molar-refractivity contribution in [1.82, 2.24) is 10.2 Å². The number of alkyl carbamates (subject to hydrolysis) is 1. The van der Waals surface area contributed by atoms with Gasteiger partial charge in [0.2, 0.25) is 5.91 Å². The molecule has 8 heteroatoms. The first-order valence-corrected chi connectivity index (χ1v) is 17.4. The SMILES string of the molecule is CC[C@H](C)[C@@H](C(=O)O)N1CCC(CNC(=O)OCC2c3ccccc3-c3ccccc32)=CC(Cc2ccc(OCc3ccccc3)cc2)C1=O. The van der Waals surface area contributed by atoms with Crippen molar-refractivity contribution < 1.29 is 29.0 Å². The molecule has 4 aromatic carbocycles. The number of carboxylic acid groups (broad SMARTS) is 1. The summed E-state index contributed by atoms with van der Waals surface area (Å²) >= 11 is 0. The summed E-state index contributed by atoms with van der Waals surface area (Å²) in [6, 6.07) is 33.0. The fraction of sp³-hybridized carbons (Fsp3) is 0.310. The quantitative estimate of drug-likeness (QED) is 0.142. The normalized spacial score (nSPS) is 16.8. The third-order valence-corrected chi connectivity index (χ3v) is 9.91. The summed E-state index contributed by atoms with van der Waals surface area (Å²) in [5.74, 6) is -1.38. The van der Waals surface area contributed by atoms with Gasteiger partial charge in [-0.15, -0.1) is 0 Å². The number of hydrogen-bond acceptors (Lipinski definition) is 5. The molecular weight excluding hydrogens is 628 g/mol. The van der Waals surface area contributed by atoms with Crippen LogP contribution >= 0.6 is 0 Å². The van der Waals surface area contributed by atoms with Gasteiger partial charge in [0, 0.05) is 19.0 Å². The van der Waals surface area contributed by atoms with Crippen molar-refractivity contribution in [2.75, 3.05) is 19.7 Å². The van der Waals surface area contributed by atoms with Crippen LogP contribution in [0.4, 0.5) is 4.79 Å². The zero-order chi connectivity index (χ0) is 35.0. The van der Waals surface area contributed by atoms with E-state index in [1.54, 1.807) is 0 Å². The predicted octanol–water partition coefficient (Wildman–Crippen LogP) is 7.62. The van der Waals surface area contributed by atoms with Crippen LogP contribution in [0.3, 0.4) is 0 Å². The highest BCUT2D eigenvalue weighted by molar-refractivity contribution is 5.87. The third kappa shape index (κ3) is 7.91. The van der Waals surface area contributed by atoms with E-state index in [-0.39, 0.29) is 37.4 Å². The molecule has 2 amide bonds. The average molecular weight is 673 g/mol. The predicted molar refractivity (Wildman–Crippen MR) is 193 cm³/mol. The molecule has 2 aliphatic rings. The smallest absolute Gasteiger partial charge is 0.407 e. The van der Waals surface area contributed by atoms with Gasteiger partial charge in [-0.2, -0.15) is 0 Å². The van der Waals surface area contributed by atoms with Gasteiger partial charge in [0.25, 0.3) is 0 Å². The van der Waals surface area contributed by atoms with Crippen LogP contribution in [-0.4, -0.2) is 53.7 Å². The van der Waals surface area contributed by atoms with E-state index < -0.39 is 24.0 Å². The maximum Gasteiger partial charge on any atom is 0.407 e. The lowest BCUT2D eigenvalue weighted by molar-refractivity contribution is -0.153. The molecule has 0 aromatic heterocycles. The van der Waals surface area contributed by atoms with E-state index >= 15 is 0 Å². The van der Waals surface area contributed by atoms with E-state index in [2.05, 4.69) is 29.6 Å². The second-order valence-electron chi connectivity index (χ2n) is 13.2. The van der Waals surface area contributed by atoms with Crippen LogP contribution in [0.15, 0.2) is 115 Å². The maximum absolute atomic E-state index is 14.1. The second kappa shape index (κ2) is 15.9. The van der Waals surface area contributed by atoms with Gasteiger partial charge in [-0.3, -0.25) is 4.79 Å².